The lowest BCUT2D eigenvalue weighted by Gasteiger charge is -2.55. The van der Waals surface area contributed by atoms with Crippen LogP contribution in [0.4, 0.5) is 0 Å². The summed E-state index contributed by atoms with van der Waals surface area (Å²) in [6.45, 7) is 6.65. The van der Waals surface area contributed by atoms with E-state index in [-0.39, 0.29) is 0 Å². The third-order valence-corrected chi connectivity index (χ3v) is 7.49. The van der Waals surface area contributed by atoms with Crippen LogP contribution in [0.5, 0.6) is 0 Å². The number of ether oxygens (including phenoxy) is 3. The fourth-order valence-electron chi connectivity index (χ4n) is 5.80. The summed E-state index contributed by atoms with van der Waals surface area (Å²) in [6, 6.07) is 0.513. The average molecular weight is 394 g/mol. The van der Waals surface area contributed by atoms with Gasteiger partial charge in [-0.3, -0.25) is 4.99 Å². The van der Waals surface area contributed by atoms with E-state index < -0.39 is 0 Å². The first kappa shape index (κ1) is 20.4. The molecule has 28 heavy (non-hydrogen) atoms. The van der Waals surface area contributed by atoms with Gasteiger partial charge in [-0.1, -0.05) is 12.8 Å². The monoisotopic (exact) mass is 393 g/mol. The maximum Gasteiger partial charge on any atom is 0.193 e. The standard InChI is InChI=1S/C22H39N3O3/c1-3-26-20-15-19(22(20)10-4-5-11-22)24-21(23-2)25-12-8-17(9-13-25)28-16-18-7-6-14-27-18/h17-20H,3-16H2,1-2H3,(H,23,24). The molecule has 0 radical (unpaired) electrons. The van der Waals surface area contributed by atoms with Crippen LogP contribution in [0.25, 0.3) is 0 Å². The molecule has 4 aliphatic rings. The van der Waals surface area contributed by atoms with E-state index in [1.807, 2.05) is 7.05 Å². The van der Waals surface area contributed by atoms with E-state index in [9.17, 15) is 0 Å². The van der Waals surface area contributed by atoms with Crippen molar-refractivity contribution in [3.8, 4) is 0 Å². The van der Waals surface area contributed by atoms with Crippen molar-refractivity contribution in [2.45, 2.75) is 89.1 Å². The number of nitrogens with zero attached hydrogens (tertiary/aromatic N) is 2. The molecule has 4 fully saturated rings. The summed E-state index contributed by atoms with van der Waals surface area (Å²) in [5.41, 5.74) is 0.342. The lowest BCUT2D eigenvalue weighted by atomic mass is 9.60. The highest BCUT2D eigenvalue weighted by Crippen LogP contribution is 2.54. The van der Waals surface area contributed by atoms with Crippen molar-refractivity contribution in [1.29, 1.82) is 0 Å². The van der Waals surface area contributed by atoms with Crippen LogP contribution in [0.2, 0.25) is 0 Å². The van der Waals surface area contributed by atoms with Gasteiger partial charge in [0.25, 0.3) is 0 Å². The Morgan fingerprint density at radius 1 is 1.14 bits per heavy atom. The minimum atomic E-state index is 0.326. The van der Waals surface area contributed by atoms with Crippen LogP contribution < -0.4 is 5.32 Å². The van der Waals surface area contributed by atoms with Crippen LogP contribution >= 0.6 is 0 Å². The second kappa shape index (κ2) is 9.31. The maximum absolute atomic E-state index is 6.13. The molecular formula is C22H39N3O3. The van der Waals surface area contributed by atoms with Gasteiger partial charge in [0.2, 0.25) is 0 Å². The molecule has 0 aromatic carbocycles. The van der Waals surface area contributed by atoms with Gasteiger partial charge in [-0.05, 0) is 51.9 Å². The zero-order valence-corrected chi connectivity index (χ0v) is 17.8. The quantitative estimate of drug-likeness (QED) is 0.555. The van der Waals surface area contributed by atoms with Gasteiger partial charge in [0.15, 0.2) is 5.96 Å². The van der Waals surface area contributed by atoms with Crippen molar-refractivity contribution in [2.75, 3.05) is 40.0 Å². The molecule has 1 spiro atoms. The van der Waals surface area contributed by atoms with Crippen molar-refractivity contribution in [2.24, 2.45) is 10.4 Å². The minimum absolute atomic E-state index is 0.326. The number of rotatable bonds is 6. The summed E-state index contributed by atoms with van der Waals surface area (Å²) in [5, 5.41) is 3.82. The smallest absolute Gasteiger partial charge is 0.193 e. The van der Waals surface area contributed by atoms with Gasteiger partial charge < -0.3 is 24.4 Å². The third-order valence-electron chi connectivity index (χ3n) is 7.49. The molecule has 160 valence electrons. The minimum Gasteiger partial charge on any atom is -0.378 e. The van der Waals surface area contributed by atoms with Crippen LogP contribution in [0.3, 0.4) is 0 Å². The number of guanidine groups is 1. The summed E-state index contributed by atoms with van der Waals surface area (Å²) in [5.74, 6) is 1.07. The number of nitrogens with one attached hydrogen (secondary N) is 1. The molecule has 3 atom stereocenters. The third kappa shape index (κ3) is 4.19. The Hall–Kier alpha value is -0.850. The van der Waals surface area contributed by atoms with Crippen LogP contribution in [-0.4, -0.2) is 75.2 Å². The molecule has 0 bridgehead atoms. The van der Waals surface area contributed by atoms with E-state index in [4.69, 9.17) is 14.2 Å². The zero-order chi connectivity index (χ0) is 19.4. The maximum atomic E-state index is 6.13. The number of likely N-dealkylation sites (tertiary alicyclic amines) is 1. The Bertz CT molecular complexity index is 521. The van der Waals surface area contributed by atoms with E-state index in [1.54, 1.807) is 0 Å². The first-order chi connectivity index (χ1) is 13.7. The molecule has 0 aromatic rings. The Kier molecular flexibility index (Phi) is 6.79. The topological polar surface area (TPSA) is 55.3 Å². The largest absolute Gasteiger partial charge is 0.378 e. The lowest BCUT2D eigenvalue weighted by molar-refractivity contribution is -0.126. The number of hydrogen-bond acceptors (Lipinski definition) is 4. The molecule has 0 aromatic heterocycles. The second-order valence-electron chi connectivity index (χ2n) is 9.02. The van der Waals surface area contributed by atoms with Crippen LogP contribution in [0, 0.1) is 5.41 Å². The summed E-state index contributed by atoms with van der Waals surface area (Å²) >= 11 is 0. The summed E-state index contributed by atoms with van der Waals surface area (Å²) in [6.07, 6.45) is 12.0. The second-order valence-corrected chi connectivity index (χ2v) is 9.02. The molecule has 2 aliphatic heterocycles. The van der Waals surface area contributed by atoms with Gasteiger partial charge in [-0.15, -0.1) is 0 Å². The lowest BCUT2D eigenvalue weighted by Crippen LogP contribution is -2.65. The van der Waals surface area contributed by atoms with E-state index in [0.717, 1.165) is 64.6 Å². The highest BCUT2D eigenvalue weighted by molar-refractivity contribution is 5.80. The fraction of sp³-hybridized carbons (Fsp3) is 0.955. The van der Waals surface area contributed by atoms with E-state index in [1.165, 1.54) is 32.1 Å². The van der Waals surface area contributed by atoms with Crippen molar-refractivity contribution in [3.05, 3.63) is 0 Å². The zero-order valence-electron chi connectivity index (χ0n) is 17.8. The van der Waals surface area contributed by atoms with Crippen molar-refractivity contribution < 1.29 is 14.2 Å². The van der Waals surface area contributed by atoms with E-state index >= 15 is 0 Å². The first-order valence-electron chi connectivity index (χ1n) is 11.6. The molecule has 2 saturated carbocycles. The SMILES string of the molecule is CCOC1CC(NC(=NC)N2CCC(OCC3CCCO3)CC2)C12CCCC2. The molecule has 6 heteroatoms. The Morgan fingerprint density at radius 2 is 1.93 bits per heavy atom. The van der Waals surface area contributed by atoms with E-state index in [0.29, 0.717) is 29.8 Å². The van der Waals surface area contributed by atoms with E-state index in [2.05, 4.69) is 22.1 Å². The highest BCUT2D eigenvalue weighted by Gasteiger charge is 2.57. The van der Waals surface area contributed by atoms with Crippen LogP contribution in [0.1, 0.15) is 64.7 Å². The molecular weight excluding hydrogens is 354 g/mol. The molecule has 0 amide bonds. The molecule has 1 N–H and O–H groups in total. The van der Waals surface area contributed by atoms with Gasteiger partial charge in [-0.2, -0.15) is 0 Å². The predicted molar refractivity (Wildman–Crippen MR) is 111 cm³/mol. The van der Waals surface area contributed by atoms with Gasteiger partial charge in [0.05, 0.1) is 24.9 Å². The molecule has 6 nitrogen and oxygen atoms in total. The first-order valence-corrected chi connectivity index (χ1v) is 11.6. The molecule has 2 aliphatic carbocycles. The normalized spacial score (nSPS) is 33.4. The van der Waals surface area contributed by atoms with Crippen LogP contribution in [-0.2, 0) is 14.2 Å². The summed E-state index contributed by atoms with van der Waals surface area (Å²) < 4.78 is 17.9. The number of aliphatic imine (C=N–C) groups is 1. The van der Waals surface area contributed by atoms with Crippen molar-refractivity contribution in [1.82, 2.24) is 10.2 Å². The van der Waals surface area contributed by atoms with Crippen molar-refractivity contribution >= 4 is 5.96 Å². The van der Waals surface area contributed by atoms with Gasteiger partial charge in [0.1, 0.15) is 0 Å². The molecule has 4 rings (SSSR count). The van der Waals surface area contributed by atoms with Gasteiger partial charge in [-0.25, -0.2) is 0 Å². The number of hydrogen-bond donors (Lipinski definition) is 1. The summed E-state index contributed by atoms with van der Waals surface area (Å²) in [4.78, 5) is 7.04. The Balaban J connectivity index is 1.25. The van der Waals surface area contributed by atoms with Gasteiger partial charge in [0, 0.05) is 44.8 Å². The Morgan fingerprint density at radius 3 is 2.57 bits per heavy atom. The van der Waals surface area contributed by atoms with Crippen molar-refractivity contribution in [3.63, 3.8) is 0 Å². The van der Waals surface area contributed by atoms with Crippen LogP contribution in [0.15, 0.2) is 4.99 Å². The highest BCUT2D eigenvalue weighted by atomic mass is 16.5. The molecule has 2 saturated heterocycles. The molecule has 2 heterocycles. The fourth-order valence-corrected chi connectivity index (χ4v) is 5.80. The molecule has 3 unspecified atom stereocenters. The summed E-state index contributed by atoms with van der Waals surface area (Å²) in [7, 11) is 1.92. The average Bonchev–Trinajstić information content (AvgIpc) is 3.43. The Labute approximate surface area is 170 Å². The predicted octanol–water partition coefficient (Wildman–Crippen LogP) is 2.96. The van der Waals surface area contributed by atoms with Gasteiger partial charge >= 0.3 is 0 Å². The number of piperidine rings is 1.